The van der Waals surface area contributed by atoms with E-state index in [1.54, 1.807) is 27.7 Å². The van der Waals surface area contributed by atoms with Gasteiger partial charge in [0, 0.05) is 0 Å². The van der Waals surface area contributed by atoms with Crippen LogP contribution in [0.15, 0.2) is 22.2 Å². The predicted molar refractivity (Wildman–Crippen MR) is 67.7 cm³/mol. The maximum Gasteiger partial charge on any atom is 0.358 e. The number of hydrogen-bond acceptors (Lipinski definition) is 4. The van der Waals surface area contributed by atoms with Crippen molar-refractivity contribution < 1.29 is 12.7 Å². The largest absolute Gasteiger partial charge is 0.358 e. The van der Waals surface area contributed by atoms with E-state index in [-0.39, 0.29) is 4.90 Å². The van der Waals surface area contributed by atoms with Crippen LogP contribution in [0.25, 0.3) is 0 Å². The van der Waals surface area contributed by atoms with Gasteiger partial charge in [-0.15, -0.1) is 0 Å². The van der Waals surface area contributed by atoms with E-state index >= 15 is 0 Å². The first-order valence-corrected chi connectivity index (χ1v) is 6.67. The van der Waals surface area contributed by atoms with Gasteiger partial charge in [0.05, 0.1) is 5.71 Å². The average Bonchev–Trinajstić information content (AvgIpc) is 2.12. The molecule has 0 fully saturated rings. The minimum atomic E-state index is -3.82. The minimum absolute atomic E-state index is 0.202. The van der Waals surface area contributed by atoms with Gasteiger partial charge in [-0.1, -0.05) is 22.9 Å². The van der Waals surface area contributed by atoms with Crippen molar-refractivity contribution in [2.24, 2.45) is 5.16 Å². The molecule has 0 amide bonds. The van der Waals surface area contributed by atoms with E-state index < -0.39 is 10.1 Å². The molecule has 0 atom stereocenters. The Labute approximate surface area is 102 Å². The normalized spacial score (nSPS) is 11.1. The van der Waals surface area contributed by atoms with Crippen molar-refractivity contribution in [2.45, 2.75) is 39.5 Å². The number of hydrogen-bond donors (Lipinski definition) is 0. The Morgan fingerprint density at radius 2 is 1.59 bits per heavy atom. The van der Waals surface area contributed by atoms with Crippen molar-refractivity contribution in [3.8, 4) is 0 Å². The highest BCUT2D eigenvalue weighted by atomic mass is 32.2. The lowest BCUT2D eigenvalue weighted by molar-refractivity contribution is 0.337. The fourth-order valence-electron chi connectivity index (χ4n) is 1.72. The summed E-state index contributed by atoms with van der Waals surface area (Å²) in [5.41, 5.74) is 2.92. The van der Waals surface area contributed by atoms with E-state index in [1.807, 2.05) is 19.1 Å². The summed E-state index contributed by atoms with van der Waals surface area (Å²) in [5, 5.41) is 3.51. The Bertz CT molecular complexity index is 532. The van der Waals surface area contributed by atoms with Crippen LogP contribution in [0.3, 0.4) is 0 Å². The summed E-state index contributed by atoms with van der Waals surface area (Å²) in [5.74, 6) is 0. The molecule has 0 N–H and O–H groups in total. The van der Waals surface area contributed by atoms with Crippen molar-refractivity contribution in [3.63, 3.8) is 0 Å². The summed E-state index contributed by atoms with van der Waals surface area (Å²) in [6.07, 6.45) is 0. The van der Waals surface area contributed by atoms with Crippen molar-refractivity contribution in [2.75, 3.05) is 0 Å². The standard InChI is InChI=1S/C12H17NO3S/c1-8(2)13-16-17(14,15)12-10(4)6-9(3)7-11(12)5/h6-7H,1-5H3. The molecule has 0 heterocycles. The van der Waals surface area contributed by atoms with E-state index in [4.69, 9.17) is 0 Å². The molecule has 5 heteroatoms. The van der Waals surface area contributed by atoms with Crippen molar-refractivity contribution in [3.05, 3.63) is 28.8 Å². The quantitative estimate of drug-likeness (QED) is 0.616. The smallest absolute Gasteiger partial charge is 0.265 e. The summed E-state index contributed by atoms with van der Waals surface area (Å²) < 4.78 is 28.6. The SMILES string of the molecule is CC(C)=NOS(=O)(=O)c1c(C)cc(C)cc1C. The van der Waals surface area contributed by atoms with Gasteiger partial charge in [-0.05, 0) is 45.7 Å². The van der Waals surface area contributed by atoms with Gasteiger partial charge in [-0.25, -0.2) is 0 Å². The topological polar surface area (TPSA) is 55.7 Å². The lowest BCUT2D eigenvalue weighted by atomic mass is 10.1. The van der Waals surface area contributed by atoms with Crippen LogP contribution in [0.5, 0.6) is 0 Å². The summed E-state index contributed by atoms with van der Waals surface area (Å²) in [7, 11) is -3.82. The third-order valence-electron chi connectivity index (χ3n) is 2.17. The highest BCUT2D eigenvalue weighted by Crippen LogP contribution is 2.23. The number of aryl methyl sites for hydroxylation is 3. The molecule has 0 aliphatic carbocycles. The van der Waals surface area contributed by atoms with Gasteiger partial charge >= 0.3 is 10.1 Å². The fraction of sp³-hybridized carbons (Fsp3) is 0.417. The molecule has 1 aromatic rings. The molecule has 1 rings (SSSR count). The molecule has 0 aliphatic rings. The highest BCUT2D eigenvalue weighted by Gasteiger charge is 2.21. The van der Waals surface area contributed by atoms with E-state index in [0.29, 0.717) is 16.8 Å². The van der Waals surface area contributed by atoms with Crippen LogP contribution in [0, 0.1) is 20.8 Å². The molecule has 94 valence electrons. The number of rotatable bonds is 3. The first-order valence-electron chi connectivity index (χ1n) is 5.27. The van der Waals surface area contributed by atoms with E-state index in [2.05, 4.69) is 9.44 Å². The van der Waals surface area contributed by atoms with Crippen LogP contribution in [0.1, 0.15) is 30.5 Å². The fourth-order valence-corrected chi connectivity index (χ4v) is 2.95. The molecule has 0 saturated heterocycles. The van der Waals surface area contributed by atoms with Gasteiger partial charge in [0.15, 0.2) is 0 Å². The summed E-state index contributed by atoms with van der Waals surface area (Å²) >= 11 is 0. The van der Waals surface area contributed by atoms with Crippen LogP contribution in [-0.4, -0.2) is 14.1 Å². The molecule has 0 bridgehead atoms. The molecule has 0 spiro atoms. The summed E-state index contributed by atoms with van der Waals surface area (Å²) in [6.45, 7) is 8.76. The second-order valence-corrected chi connectivity index (χ2v) is 5.76. The van der Waals surface area contributed by atoms with Gasteiger partial charge in [0.1, 0.15) is 4.90 Å². The zero-order chi connectivity index (χ0) is 13.2. The Morgan fingerprint density at radius 3 is 2.00 bits per heavy atom. The molecule has 17 heavy (non-hydrogen) atoms. The minimum Gasteiger partial charge on any atom is -0.265 e. The van der Waals surface area contributed by atoms with Crippen molar-refractivity contribution >= 4 is 15.8 Å². The Morgan fingerprint density at radius 1 is 1.12 bits per heavy atom. The Kier molecular flexibility index (Phi) is 3.93. The molecule has 0 saturated carbocycles. The van der Waals surface area contributed by atoms with Crippen molar-refractivity contribution in [1.29, 1.82) is 0 Å². The van der Waals surface area contributed by atoms with Crippen LogP contribution >= 0.6 is 0 Å². The van der Waals surface area contributed by atoms with E-state index in [0.717, 1.165) is 5.56 Å². The maximum atomic E-state index is 12.0. The molecular formula is C12H17NO3S. The van der Waals surface area contributed by atoms with Crippen LogP contribution in [-0.2, 0) is 14.4 Å². The summed E-state index contributed by atoms with van der Waals surface area (Å²) in [6, 6.07) is 3.62. The summed E-state index contributed by atoms with van der Waals surface area (Å²) in [4.78, 5) is 0.202. The monoisotopic (exact) mass is 255 g/mol. The lowest BCUT2D eigenvalue weighted by Crippen LogP contribution is -2.08. The van der Waals surface area contributed by atoms with Gasteiger partial charge in [0.2, 0.25) is 0 Å². The molecule has 0 aromatic heterocycles. The third kappa shape index (κ3) is 3.30. The van der Waals surface area contributed by atoms with Gasteiger partial charge in [0.25, 0.3) is 0 Å². The molecule has 0 aliphatic heterocycles. The van der Waals surface area contributed by atoms with Gasteiger partial charge in [-0.3, -0.25) is 4.28 Å². The number of nitrogens with zero attached hydrogens (tertiary/aromatic N) is 1. The highest BCUT2D eigenvalue weighted by molar-refractivity contribution is 7.86. The van der Waals surface area contributed by atoms with E-state index in [9.17, 15) is 8.42 Å². The van der Waals surface area contributed by atoms with Crippen LogP contribution < -0.4 is 0 Å². The zero-order valence-electron chi connectivity index (χ0n) is 10.7. The third-order valence-corrected chi connectivity index (χ3v) is 3.59. The molecular weight excluding hydrogens is 238 g/mol. The molecule has 4 nitrogen and oxygen atoms in total. The maximum absolute atomic E-state index is 12.0. The lowest BCUT2D eigenvalue weighted by Gasteiger charge is -2.10. The second kappa shape index (κ2) is 4.87. The van der Waals surface area contributed by atoms with E-state index in [1.165, 1.54) is 0 Å². The van der Waals surface area contributed by atoms with Gasteiger partial charge in [-0.2, -0.15) is 8.42 Å². The molecule has 0 radical (unpaired) electrons. The van der Waals surface area contributed by atoms with Gasteiger partial charge < -0.3 is 0 Å². The number of benzene rings is 1. The predicted octanol–water partition coefficient (Wildman–Crippen LogP) is 2.71. The van der Waals surface area contributed by atoms with Crippen LogP contribution in [0.2, 0.25) is 0 Å². The molecule has 0 unspecified atom stereocenters. The first-order chi connectivity index (χ1) is 7.74. The first kappa shape index (κ1) is 13.7. The zero-order valence-corrected chi connectivity index (χ0v) is 11.6. The Hall–Kier alpha value is -1.36. The second-order valence-electron chi connectivity index (χ2n) is 4.30. The average molecular weight is 255 g/mol. The molecule has 1 aromatic carbocycles. The Balaban J connectivity index is 3.30. The van der Waals surface area contributed by atoms with Crippen molar-refractivity contribution in [1.82, 2.24) is 0 Å². The van der Waals surface area contributed by atoms with Crippen LogP contribution in [0.4, 0.5) is 0 Å². The number of oxime groups is 1.